The van der Waals surface area contributed by atoms with E-state index in [1.54, 1.807) is 43.3 Å². The third-order valence-corrected chi connectivity index (χ3v) is 6.60. The lowest BCUT2D eigenvalue weighted by Crippen LogP contribution is -2.54. The van der Waals surface area contributed by atoms with Gasteiger partial charge in [0.1, 0.15) is 5.57 Å². The Morgan fingerprint density at radius 3 is 2.38 bits per heavy atom. The molecule has 0 radical (unpaired) electrons. The summed E-state index contributed by atoms with van der Waals surface area (Å²) < 4.78 is 0. The average Bonchev–Trinajstić information content (AvgIpc) is 2.76. The second kappa shape index (κ2) is 9.20. The summed E-state index contributed by atoms with van der Waals surface area (Å²) in [4.78, 5) is 41.0. The predicted octanol–water partition coefficient (Wildman–Crippen LogP) is 6.12. The van der Waals surface area contributed by atoms with Gasteiger partial charge in [0.15, 0.2) is 0 Å². The molecule has 1 aliphatic heterocycles. The van der Waals surface area contributed by atoms with Crippen molar-refractivity contribution in [1.82, 2.24) is 5.32 Å². The van der Waals surface area contributed by atoms with Crippen molar-refractivity contribution in [3.63, 3.8) is 0 Å². The summed E-state index contributed by atoms with van der Waals surface area (Å²) in [5, 5.41) is 3.29. The van der Waals surface area contributed by atoms with E-state index in [2.05, 4.69) is 5.32 Å². The van der Waals surface area contributed by atoms with Crippen LogP contribution < -0.4 is 10.2 Å². The van der Waals surface area contributed by atoms with Gasteiger partial charge in [-0.25, -0.2) is 9.69 Å². The van der Waals surface area contributed by atoms with E-state index >= 15 is 0 Å². The van der Waals surface area contributed by atoms with E-state index in [-0.39, 0.29) is 5.57 Å². The van der Waals surface area contributed by atoms with Crippen LogP contribution in [0.2, 0.25) is 10.0 Å². The van der Waals surface area contributed by atoms with Gasteiger partial charge in [0.2, 0.25) is 0 Å². The monoisotopic (exact) mass is 482 g/mol. The number of carbonyl (C=O) groups is 3. The summed E-state index contributed by atoms with van der Waals surface area (Å²) in [5.74, 6) is -1.46. The fourth-order valence-electron chi connectivity index (χ4n) is 3.19. The van der Waals surface area contributed by atoms with Crippen molar-refractivity contribution in [3.05, 3.63) is 93.5 Å². The van der Waals surface area contributed by atoms with Gasteiger partial charge in [-0.3, -0.25) is 14.9 Å². The molecule has 0 aliphatic carbocycles. The Bertz CT molecular complexity index is 1270. The topological polar surface area (TPSA) is 66.5 Å². The molecule has 3 aromatic rings. The maximum Gasteiger partial charge on any atom is 0.335 e. The fraction of sp³-hybridized carbons (Fsp3) is 0.0417. The lowest BCUT2D eigenvalue weighted by Gasteiger charge is -2.27. The molecule has 4 amide bonds. The molecule has 4 rings (SSSR count). The van der Waals surface area contributed by atoms with Gasteiger partial charge in [-0.15, -0.1) is 0 Å². The molecular formula is C24H16Cl2N2O3S. The van der Waals surface area contributed by atoms with E-state index in [1.807, 2.05) is 30.3 Å². The van der Waals surface area contributed by atoms with Gasteiger partial charge in [0.05, 0.1) is 5.69 Å². The van der Waals surface area contributed by atoms with E-state index in [1.165, 1.54) is 17.8 Å². The standard InChI is InChI=1S/C24H16Cl2N2O3S/c1-14-19(26)6-4-7-20(14)28-23(30)18(22(29)27-24(28)31)13-15-5-2-3-8-21(15)32-17-11-9-16(25)10-12-17/h2-13H,1H3,(H,27,29,31)/b18-13-. The third kappa shape index (κ3) is 4.43. The first-order chi connectivity index (χ1) is 15.3. The lowest BCUT2D eigenvalue weighted by molar-refractivity contribution is -0.122. The Labute approximate surface area is 199 Å². The number of anilines is 1. The minimum Gasteiger partial charge on any atom is -0.273 e. The third-order valence-electron chi connectivity index (χ3n) is 4.84. The average molecular weight is 483 g/mol. The summed E-state index contributed by atoms with van der Waals surface area (Å²) in [6.45, 7) is 1.70. The number of benzene rings is 3. The van der Waals surface area contributed by atoms with Crippen molar-refractivity contribution < 1.29 is 14.4 Å². The zero-order valence-electron chi connectivity index (χ0n) is 16.8. The van der Waals surface area contributed by atoms with Crippen molar-refractivity contribution >= 4 is 64.6 Å². The maximum absolute atomic E-state index is 13.2. The quantitative estimate of drug-likeness (QED) is 0.359. The van der Waals surface area contributed by atoms with Crippen LogP contribution in [0.3, 0.4) is 0 Å². The second-order valence-electron chi connectivity index (χ2n) is 6.94. The highest BCUT2D eigenvalue weighted by Gasteiger charge is 2.37. The van der Waals surface area contributed by atoms with Gasteiger partial charge in [0, 0.05) is 19.8 Å². The van der Waals surface area contributed by atoms with Gasteiger partial charge in [0.25, 0.3) is 11.8 Å². The second-order valence-corrected chi connectivity index (χ2v) is 8.89. The van der Waals surface area contributed by atoms with Gasteiger partial charge in [-0.1, -0.05) is 59.2 Å². The summed E-state index contributed by atoms with van der Waals surface area (Å²) in [7, 11) is 0. The zero-order valence-corrected chi connectivity index (χ0v) is 19.1. The summed E-state index contributed by atoms with van der Waals surface area (Å²) in [6.07, 6.45) is 1.50. The Hall–Kier alpha value is -3.06. The highest BCUT2D eigenvalue weighted by molar-refractivity contribution is 7.99. The van der Waals surface area contributed by atoms with E-state index in [9.17, 15) is 14.4 Å². The largest absolute Gasteiger partial charge is 0.335 e. The van der Waals surface area contributed by atoms with Crippen molar-refractivity contribution in [2.75, 3.05) is 4.90 Å². The molecule has 5 nitrogen and oxygen atoms in total. The highest BCUT2D eigenvalue weighted by atomic mass is 35.5. The highest BCUT2D eigenvalue weighted by Crippen LogP contribution is 2.34. The number of nitrogens with one attached hydrogen (secondary N) is 1. The summed E-state index contributed by atoms with van der Waals surface area (Å²) >= 11 is 13.6. The fourth-order valence-corrected chi connectivity index (χ4v) is 4.41. The number of imide groups is 2. The molecule has 0 bridgehead atoms. The molecule has 1 fully saturated rings. The van der Waals surface area contributed by atoms with Gasteiger partial charge in [-0.05, 0) is 66.6 Å². The molecule has 8 heteroatoms. The minimum atomic E-state index is -0.814. The maximum atomic E-state index is 13.2. The smallest absolute Gasteiger partial charge is 0.273 e. The summed E-state index contributed by atoms with van der Waals surface area (Å²) in [6, 6.07) is 18.8. The van der Waals surface area contributed by atoms with E-state index in [4.69, 9.17) is 23.2 Å². The molecule has 1 N–H and O–H groups in total. The Balaban J connectivity index is 1.73. The molecule has 1 aliphatic rings. The van der Waals surface area contributed by atoms with Crippen LogP contribution in [0.5, 0.6) is 0 Å². The van der Waals surface area contributed by atoms with Crippen LogP contribution in [0.1, 0.15) is 11.1 Å². The van der Waals surface area contributed by atoms with Crippen LogP contribution in [0, 0.1) is 6.92 Å². The molecular weight excluding hydrogens is 467 g/mol. The first-order valence-corrected chi connectivity index (χ1v) is 11.1. The molecule has 160 valence electrons. The van der Waals surface area contributed by atoms with E-state index in [0.29, 0.717) is 26.9 Å². The molecule has 0 unspecified atom stereocenters. The zero-order chi connectivity index (χ0) is 22.8. The SMILES string of the molecule is Cc1c(Cl)cccc1N1C(=O)NC(=O)/C(=C/c2ccccc2Sc2ccc(Cl)cc2)C1=O. The van der Waals surface area contributed by atoms with Crippen molar-refractivity contribution in [3.8, 4) is 0 Å². The molecule has 0 saturated carbocycles. The lowest BCUT2D eigenvalue weighted by atomic mass is 10.1. The number of amides is 4. The molecule has 3 aromatic carbocycles. The Kier molecular flexibility index (Phi) is 6.37. The summed E-state index contributed by atoms with van der Waals surface area (Å²) in [5.41, 5.74) is 1.41. The number of urea groups is 1. The molecule has 1 heterocycles. The molecule has 0 atom stereocenters. The van der Waals surface area contributed by atoms with Gasteiger partial charge >= 0.3 is 6.03 Å². The number of nitrogens with zero attached hydrogens (tertiary/aromatic N) is 1. The Morgan fingerprint density at radius 1 is 0.906 bits per heavy atom. The van der Waals surface area contributed by atoms with E-state index < -0.39 is 17.8 Å². The van der Waals surface area contributed by atoms with Crippen molar-refractivity contribution in [1.29, 1.82) is 0 Å². The van der Waals surface area contributed by atoms with E-state index in [0.717, 1.165) is 14.7 Å². The molecule has 32 heavy (non-hydrogen) atoms. The van der Waals surface area contributed by atoms with Crippen LogP contribution in [-0.4, -0.2) is 17.8 Å². The van der Waals surface area contributed by atoms with Gasteiger partial charge in [-0.2, -0.15) is 0 Å². The number of rotatable bonds is 4. The normalized spacial score (nSPS) is 15.3. The van der Waals surface area contributed by atoms with Crippen LogP contribution >= 0.6 is 35.0 Å². The number of hydrogen-bond acceptors (Lipinski definition) is 4. The first-order valence-electron chi connectivity index (χ1n) is 9.54. The van der Waals surface area contributed by atoms with Crippen molar-refractivity contribution in [2.45, 2.75) is 16.7 Å². The Morgan fingerprint density at radius 2 is 1.62 bits per heavy atom. The number of hydrogen-bond donors (Lipinski definition) is 1. The molecule has 1 saturated heterocycles. The van der Waals surface area contributed by atoms with Crippen LogP contribution in [0.15, 0.2) is 82.1 Å². The molecule has 0 spiro atoms. The number of barbiturate groups is 1. The predicted molar refractivity (Wildman–Crippen MR) is 127 cm³/mol. The number of carbonyl (C=O) groups excluding carboxylic acids is 3. The minimum absolute atomic E-state index is 0.145. The van der Waals surface area contributed by atoms with Gasteiger partial charge < -0.3 is 0 Å². The van der Waals surface area contributed by atoms with Crippen LogP contribution in [0.25, 0.3) is 6.08 Å². The molecule has 0 aromatic heterocycles. The van der Waals surface area contributed by atoms with Crippen LogP contribution in [-0.2, 0) is 9.59 Å². The van der Waals surface area contributed by atoms with Crippen molar-refractivity contribution in [2.24, 2.45) is 0 Å². The number of halogens is 2. The first kappa shape index (κ1) is 22.1. The van der Waals surface area contributed by atoms with Crippen LogP contribution in [0.4, 0.5) is 10.5 Å².